The smallest absolute Gasteiger partial charge is 0.213 e. The molecule has 0 aliphatic carbocycles. The number of pyridine rings is 1. The number of aryl methyl sites for hydroxylation is 2. The highest BCUT2D eigenvalue weighted by Gasteiger charge is 2.22. The molecule has 6 heteroatoms. The lowest BCUT2D eigenvalue weighted by molar-refractivity contribution is 0.0911. The summed E-state index contributed by atoms with van der Waals surface area (Å²) in [6.07, 6.45) is 2.30. The number of rotatable bonds is 5. The first kappa shape index (κ1) is 15.9. The Labute approximate surface area is 137 Å². The third-order valence-corrected chi connectivity index (χ3v) is 4.38. The highest BCUT2D eigenvalue weighted by molar-refractivity contribution is 5.15. The van der Waals surface area contributed by atoms with Crippen LogP contribution in [0.5, 0.6) is 5.88 Å². The summed E-state index contributed by atoms with van der Waals surface area (Å²) in [5.74, 6) is 2.79. The van der Waals surface area contributed by atoms with E-state index in [1.54, 1.807) is 0 Å². The standard InChI is InChI=1S/C17H25N5O/c1-4-22-14(3)19-20-16(22)12-21-10-8-15(9-11-21)23-17-7-5-6-13(2)18-17/h5-7,15H,4,8-12H2,1-3H3. The number of hydrogen-bond acceptors (Lipinski definition) is 5. The van der Waals surface area contributed by atoms with E-state index in [9.17, 15) is 0 Å². The third-order valence-electron chi connectivity index (χ3n) is 4.38. The minimum absolute atomic E-state index is 0.256. The molecule has 0 spiro atoms. The van der Waals surface area contributed by atoms with Crippen LogP contribution in [0.15, 0.2) is 18.2 Å². The van der Waals surface area contributed by atoms with Crippen molar-refractivity contribution in [3.63, 3.8) is 0 Å². The van der Waals surface area contributed by atoms with Crippen LogP contribution in [0.3, 0.4) is 0 Å². The molecule has 1 fully saturated rings. The summed E-state index contributed by atoms with van der Waals surface area (Å²) < 4.78 is 8.19. The van der Waals surface area contributed by atoms with Crippen LogP contribution in [0.2, 0.25) is 0 Å². The molecule has 1 aliphatic heterocycles. The predicted molar refractivity (Wildman–Crippen MR) is 88.3 cm³/mol. The first-order valence-electron chi connectivity index (χ1n) is 8.37. The Morgan fingerprint density at radius 1 is 1.17 bits per heavy atom. The molecule has 6 nitrogen and oxygen atoms in total. The van der Waals surface area contributed by atoms with Gasteiger partial charge in [-0.25, -0.2) is 4.98 Å². The van der Waals surface area contributed by atoms with E-state index in [4.69, 9.17) is 4.74 Å². The van der Waals surface area contributed by atoms with Crippen molar-refractivity contribution in [2.24, 2.45) is 0 Å². The van der Waals surface area contributed by atoms with Crippen LogP contribution in [-0.2, 0) is 13.1 Å². The topological polar surface area (TPSA) is 56.1 Å². The van der Waals surface area contributed by atoms with Crippen LogP contribution in [0, 0.1) is 13.8 Å². The Morgan fingerprint density at radius 2 is 1.96 bits per heavy atom. The van der Waals surface area contributed by atoms with E-state index >= 15 is 0 Å². The highest BCUT2D eigenvalue weighted by Crippen LogP contribution is 2.19. The van der Waals surface area contributed by atoms with Crippen molar-refractivity contribution in [3.05, 3.63) is 35.5 Å². The summed E-state index contributed by atoms with van der Waals surface area (Å²) in [5, 5.41) is 8.49. The van der Waals surface area contributed by atoms with E-state index in [1.165, 1.54) is 0 Å². The fourth-order valence-electron chi connectivity index (χ4n) is 3.09. The van der Waals surface area contributed by atoms with Gasteiger partial charge in [-0.1, -0.05) is 6.07 Å². The summed E-state index contributed by atoms with van der Waals surface area (Å²) in [5.41, 5.74) is 0.995. The average Bonchev–Trinajstić information content (AvgIpc) is 2.89. The van der Waals surface area contributed by atoms with E-state index in [2.05, 4.69) is 31.6 Å². The molecule has 0 saturated carbocycles. The fourth-order valence-corrected chi connectivity index (χ4v) is 3.09. The third kappa shape index (κ3) is 3.88. The van der Waals surface area contributed by atoms with Crippen LogP contribution < -0.4 is 4.74 Å². The molecule has 23 heavy (non-hydrogen) atoms. The quantitative estimate of drug-likeness (QED) is 0.848. The molecule has 0 aromatic carbocycles. The molecule has 0 bridgehead atoms. The zero-order chi connectivity index (χ0) is 16.2. The van der Waals surface area contributed by atoms with Crippen molar-refractivity contribution < 1.29 is 4.74 Å². The predicted octanol–water partition coefficient (Wildman–Crippen LogP) is 2.35. The Balaban J connectivity index is 1.52. The minimum atomic E-state index is 0.256. The zero-order valence-corrected chi connectivity index (χ0v) is 14.2. The van der Waals surface area contributed by atoms with Crippen molar-refractivity contribution >= 4 is 0 Å². The largest absolute Gasteiger partial charge is 0.474 e. The second-order valence-corrected chi connectivity index (χ2v) is 6.12. The average molecular weight is 315 g/mol. The van der Waals surface area contributed by atoms with Crippen LogP contribution in [0.1, 0.15) is 37.1 Å². The molecular weight excluding hydrogens is 290 g/mol. The Kier molecular flexibility index (Phi) is 4.91. The number of likely N-dealkylation sites (tertiary alicyclic amines) is 1. The summed E-state index contributed by atoms with van der Waals surface area (Å²) in [6.45, 7) is 9.96. The second-order valence-electron chi connectivity index (χ2n) is 6.12. The molecule has 3 heterocycles. The van der Waals surface area contributed by atoms with Crippen molar-refractivity contribution in [3.8, 4) is 5.88 Å². The maximum atomic E-state index is 6.01. The van der Waals surface area contributed by atoms with E-state index in [0.29, 0.717) is 0 Å². The summed E-state index contributed by atoms with van der Waals surface area (Å²) in [4.78, 5) is 6.85. The maximum Gasteiger partial charge on any atom is 0.213 e. The van der Waals surface area contributed by atoms with Crippen molar-refractivity contribution in [2.45, 2.75) is 52.8 Å². The number of aromatic nitrogens is 4. The second kappa shape index (κ2) is 7.08. The summed E-state index contributed by atoms with van der Waals surface area (Å²) in [6, 6.07) is 5.92. The van der Waals surface area contributed by atoms with Gasteiger partial charge in [-0.2, -0.15) is 0 Å². The van der Waals surface area contributed by atoms with Gasteiger partial charge in [0.05, 0.1) is 6.54 Å². The molecule has 2 aromatic heterocycles. The first-order valence-corrected chi connectivity index (χ1v) is 8.37. The monoisotopic (exact) mass is 315 g/mol. The van der Waals surface area contributed by atoms with Gasteiger partial charge in [-0.05, 0) is 39.7 Å². The van der Waals surface area contributed by atoms with Crippen LogP contribution in [-0.4, -0.2) is 43.8 Å². The molecule has 0 amide bonds. The molecule has 124 valence electrons. The van der Waals surface area contributed by atoms with Gasteiger partial charge in [0.15, 0.2) is 0 Å². The van der Waals surface area contributed by atoms with Crippen molar-refractivity contribution in [2.75, 3.05) is 13.1 Å². The molecule has 3 rings (SSSR count). The maximum absolute atomic E-state index is 6.01. The molecule has 0 radical (unpaired) electrons. The lowest BCUT2D eigenvalue weighted by Gasteiger charge is -2.31. The van der Waals surface area contributed by atoms with E-state index in [0.717, 1.165) is 62.2 Å². The van der Waals surface area contributed by atoms with Crippen LogP contribution in [0.25, 0.3) is 0 Å². The Bertz CT molecular complexity index is 646. The summed E-state index contributed by atoms with van der Waals surface area (Å²) in [7, 11) is 0. The molecule has 1 saturated heterocycles. The molecule has 0 N–H and O–H groups in total. The van der Waals surface area contributed by atoms with Crippen LogP contribution in [0.4, 0.5) is 0 Å². The van der Waals surface area contributed by atoms with Gasteiger partial charge in [-0.3, -0.25) is 4.90 Å². The lowest BCUT2D eigenvalue weighted by atomic mass is 10.1. The van der Waals surface area contributed by atoms with Gasteiger partial charge in [0.25, 0.3) is 0 Å². The van der Waals surface area contributed by atoms with Gasteiger partial charge in [0, 0.05) is 31.4 Å². The van der Waals surface area contributed by atoms with Gasteiger partial charge in [0.2, 0.25) is 5.88 Å². The SMILES string of the molecule is CCn1c(C)nnc1CN1CCC(Oc2cccc(C)n2)CC1. The number of nitrogens with zero attached hydrogens (tertiary/aromatic N) is 5. The molecule has 2 aromatic rings. The van der Waals surface area contributed by atoms with Gasteiger partial charge >= 0.3 is 0 Å². The number of ether oxygens (including phenoxy) is 1. The first-order chi connectivity index (χ1) is 11.2. The molecule has 1 aliphatic rings. The van der Waals surface area contributed by atoms with Gasteiger partial charge in [-0.15, -0.1) is 10.2 Å². The lowest BCUT2D eigenvalue weighted by Crippen LogP contribution is -2.38. The van der Waals surface area contributed by atoms with Crippen molar-refractivity contribution in [1.82, 2.24) is 24.6 Å². The molecular formula is C17H25N5O. The van der Waals surface area contributed by atoms with E-state index in [1.807, 2.05) is 32.0 Å². The van der Waals surface area contributed by atoms with Crippen LogP contribution >= 0.6 is 0 Å². The van der Waals surface area contributed by atoms with E-state index in [-0.39, 0.29) is 6.10 Å². The van der Waals surface area contributed by atoms with E-state index < -0.39 is 0 Å². The summed E-state index contributed by atoms with van der Waals surface area (Å²) >= 11 is 0. The van der Waals surface area contributed by atoms with Gasteiger partial charge in [0.1, 0.15) is 17.8 Å². The number of hydrogen-bond donors (Lipinski definition) is 0. The highest BCUT2D eigenvalue weighted by atomic mass is 16.5. The minimum Gasteiger partial charge on any atom is -0.474 e. The molecule has 0 unspecified atom stereocenters. The fraction of sp³-hybridized carbons (Fsp3) is 0.588. The van der Waals surface area contributed by atoms with Gasteiger partial charge < -0.3 is 9.30 Å². The number of piperidine rings is 1. The van der Waals surface area contributed by atoms with Crippen molar-refractivity contribution in [1.29, 1.82) is 0 Å². The normalized spacial score (nSPS) is 16.7. The Hall–Kier alpha value is -1.95. The zero-order valence-electron chi connectivity index (χ0n) is 14.2. The molecule has 0 atom stereocenters. The Morgan fingerprint density at radius 3 is 2.65 bits per heavy atom.